The average Bonchev–Trinajstić information content (AvgIpc) is 3.33. The third-order valence-electron chi connectivity index (χ3n) is 7.02. The zero-order valence-electron chi connectivity index (χ0n) is 19.2. The fourth-order valence-electron chi connectivity index (χ4n) is 5.53. The maximum atomic E-state index is 13.5. The van der Waals surface area contributed by atoms with E-state index in [1.54, 1.807) is 6.92 Å². The molecule has 35 heavy (non-hydrogen) atoms. The molecule has 2 amide bonds. The molecule has 3 saturated heterocycles. The number of fused-ring (bicyclic) bond motifs is 5. The molecule has 188 valence electrons. The number of esters is 1. The van der Waals surface area contributed by atoms with Crippen molar-refractivity contribution in [2.24, 2.45) is 17.8 Å². The number of amides is 2. The predicted octanol–water partition coefficient (Wildman–Crippen LogP) is 2.41. The Hall–Kier alpha value is -3.01. The van der Waals surface area contributed by atoms with Crippen molar-refractivity contribution in [3.8, 4) is 6.07 Å². The minimum atomic E-state index is -4.86. The highest BCUT2D eigenvalue weighted by molar-refractivity contribution is 6.23. The molecular formula is C23H23F3N2O7. The van der Waals surface area contributed by atoms with Gasteiger partial charge in [0.25, 0.3) is 0 Å². The number of anilines is 1. The summed E-state index contributed by atoms with van der Waals surface area (Å²) in [6.07, 6.45) is -4.77. The molecule has 1 aromatic rings. The van der Waals surface area contributed by atoms with Crippen LogP contribution in [0.1, 0.15) is 31.4 Å². The van der Waals surface area contributed by atoms with Gasteiger partial charge in [-0.3, -0.25) is 14.4 Å². The second kappa shape index (κ2) is 8.58. The van der Waals surface area contributed by atoms with Crippen molar-refractivity contribution < 1.29 is 46.5 Å². The van der Waals surface area contributed by atoms with Crippen LogP contribution in [-0.2, 0) is 39.5 Å². The van der Waals surface area contributed by atoms with Gasteiger partial charge < -0.3 is 18.9 Å². The van der Waals surface area contributed by atoms with Crippen LogP contribution in [0.15, 0.2) is 18.2 Å². The predicted molar refractivity (Wildman–Crippen MR) is 110 cm³/mol. The zero-order valence-corrected chi connectivity index (χ0v) is 19.2. The van der Waals surface area contributed by atoms with Gasteiger partial charge in [0.1, 0.15) is 0 Å². The number of methoxy groups -OCH3 is 1. The summed E-state index contributed by atoms with van der Waals surface area (Å²) in [5.74, 6) is -5.10. The Morgan fingerprint density at radius 1 is 1.23 bits per heavy atom. The van der Waals surface area contributed by atoms with Crippen LogP contribution in [0.2, 0.25) is 0 Å². The first-order valence-corrected chi connectivity index (χ1v) is 10.8. The van der Waals surface area contributed by atoms with Crippen molar-refractivity contribution in [1.29, 1.82) is 5.26 Å². The van der Waals surface area contributed by atoms with E-state index in [0.29, 0.717) is 17.6 Å². The SMILES string of the molecule is COCCOCOC(=O)C1C[C@]2(C)O[C@@]1(C)[C@H]1C(=O)N(c3ccc(C#N)c(C(F)(F)F)c3)C(=O)[C@H]12. The molecule has 3 heterocycles. The molecule has 5 atom stereocenters. The number of ether oxygens (including phenoxy) is 4. The minimum absolute atomic E-state index is 0.0929. The van der Waals surface area contributed by atoms with Crippen LogP contribution in [0.4, 0.5) is 18.9 Å². The Labute approximate surface area is 198 Å². The van der Waals surface area contributed by atoms with E-state index in [1.165, 1.54) is 20.1 Å². The lowest BCUT2D eigenvalue weighted by molar-refractivity contribution is -0.169. The summed E-state index contributed by atoms with van der Waals surface area (Å²) in [5, 5.41) is 9.03. The molecule has 3 aliphatic heterocycles. The van der Waals surface area contributed by atoms with Gasteiger partial charge in [-0.1, -0.05) is 0 Å². The summed E-state index contributed by atoms with van der Waals surface area (Å²) in [6, 6.07) is 4.13. The van der Waals surface area contributed by atoms with Crippen LogP contribution < -0.4 is 4.90 Å². The molecule has 2 bridgehead atoms. The standard InChI is InChI=1S/C23H23F3N2O7/c1-21-9-15(20(31)34-11-33-7-6-32-3)22(2,35-21)17-16(21)18(29)28(19(17)30)13-5-4-12(10-27)14(8-13)23(24,25)26/h4-5,8,15-17H,6-7,9,11H2,1-3H3/t15?,16-,17+,21-,22+/m0/s1. The van der Waals surface area contributed by atoms with Gasteiger partial charge in [0, 0.05) is 7.11 Å². The molecule has 0 N–H and O–H groups in total. The molecule has 0 aliphatic carbocycles. The van der Waals surface area contributed by atoms with Gasteiger partial charge in [-0.15, -0.1) is 0 Å². The average molecular weight is 496 g/mol. The Morgan fingerprint density at radius 2 is 1.91 bits per heavy atom. The van der Waals surface area contributed by atoms with Crippen LogP contribution in [0.5, 0.6) is 0 Å². The second-order valence-electron chi connectivity index (χ2n) is 9.14. The highest BCUT2D eigenvalue weighted by Crippen LogP contribution is 2.63. The first-order chi connectivity index (χ1) is 16.4. The van der Waals surface area contributed by atoms with Gasteiger partial charge >= 0.3 is 12.1 Å². The summed E-state index contributed by atoms with van der Waals surface area (Å²) >= 11 is 0. The van der Waals surface area contributed by atoms with E-state index in [4.69, 9.17) is 24.2 Å². The zero-order chi connectivity index (χ0) is 25.8. The van der Waals surface area contributed by atoms with Crippen molar-refractivity contribution in [2.45, 2.75) is 37.6 Å². The highest BCUT2D eigenvalue weighted by atomic mass is 19.4. The number of hydrogen-bond acceptors (Lipinski definition) is 8. The minimum Gasteiger partial charge on any atom is -0.438 e. The summed E-state index contributed by atoms with van der Waals surface area (Å²) in [6.45, 7) is 3.32. The molecule has 1 unspecified atom stereocenters. The van der Waals surface area contributed by atoms with Gasteiger partial charge in [0.2, 0.25) is 11.8 Å². The van der Waals surface area contributed by atoms with Crippen LogP contribution in [0.25, 0.3) is 0 Å². The number of hydrogen-bond donors (Lipinski definition) is 0. The maximum Gasteiger partial charge on any atom is 0.417 e. The Balaban J connectivity index is 1.61. The number of nitrogens with zero attached hydrogens (tertiary/aromatic N) is 2. The van der Waals surface area contributed by atoms with E-state index in [1.807, 2.05) is 0 Å². The maximum absolute atomic E-state index is 13.5. The smallest absolute Gasteiger partial charge is 0.417 e. The number of nitriles is 1. The van der Waals surface area contributed by atoms with Gasteiger partial charge in [-0.05, 0) is 38.5 Å². The van der Waals surface area contributed by atoms with Crippen LogP contribution >= 0.6 is 0 Å². The number of rotatable bonds is 7. The van der Waals surface area contributed by atoms with Crippen LogP contribution in [0.3, 0.4) is 0 Å². The molecule has 0 spiro atoms. The third kappa shape index (κ3) is 3.87. The van der Waals surface area contributed by atoms with Gasteiger partial charge in [0.15, 0.2) is 6.79 Å². The number of carbonyl (C=O) groups is 3. The van der Waals surface area contributed by atoms with Crippen molar-refractivity contribution in [3.05, 3.63) is 29.3 Å². The lowest BCUT2D eigenvalue weighted by atomic mass is 9.64. The fourth-order valence-corrected chi connectivity index (χ4v) is 5.53. The first kappa shape index (κ1) is 25.1. The highest BCUT2D eigenvalue weighted by Gasteiger charge is 2.77. The number of carbonyl (C=O) groups excluding carboxylic acids is 3. The summed E-state index contributed by atoms with van der Waals surface area (Å²) in [7, 11) is 1.49. The summed E-state index contributed by atoms with van der Waals surface area (Å²) < 4.78 is 61.6. The van der Waals surface area contributed by atoms with Crippen LogP contribution in [-0.4, -0.2) is 56.1 Å². The molecule has 9 nitrogen and oxygen atoms in total. The van der Waals surface area contributed by atoms with E-state index in [9.17, 15) is 27.6 Å². The first-order valence-electron chi connectivity index (χ1n) is 10.8. The quantitative estimate of drug-likeness (QED) is 0.245. The Bertz CT molecular complexity index is 1120. The van der Waals surface area contributed by atoms with Gasteiger partial charge in [-0.25, -0.2) is 4.90 Å². The molecule has 0 saturated carbocycles. The van der Waals surface area contributed by atoms with Crippen molar-refractivity contribution >= 4 is 23.5 Å². The van der Waals surface area contributed by atoms with E-state index in [-0.39, 0.29) is 25.5 Å². The largest absolute Gasteiger partial charge is 0.438 e. The lowest BCUT2D eigenvalue weighted by Gasteiger charge is -2.33. The lowest BCUT2D eigenvalue weighted by Crippen LogP contribution is -2.49. The van der Waals surface area contributed by atoms with Crippen molar-refractivity contribution in [3.63, 3.8) is 0 Å². The molecule has 12 heteroatoms. The Kier molecular flexibility index (Phi) is 6.15. The number of benzene rings is 1. The van der Waals surface area contributed by atoms with Crippen LogP contribution in [0, 0.1) is 29.1 Å². The summed E-state index contributed by atoms with van der Waals surface area (Å²) in [4.78, 5) is 40.3. The van der Waals surface area contributed by atoms with Gasteiger partial charge in [-0.2, -0.15) is 18.4 Å². The normalized spacial score (nSPS) is 31.6. The topological polar surface area (TPSA) is 115 Å². The Morgan fingerprint density at radius 3 is 2.54 bits per heavy atom. The molecule has 3 fully saturated rings. The third-order valence-corrected chi connectivity index (χ3v) is 7.02. The number of alkyl halides is 3. The second-order valence-corrected chi connectivity index (χ2v) is 9.14. The van der Waals surface area contributed by atoms with E-state index >= 15 is 0 Å². The van der Waals surface area contributed by atoms with E-state index < -0.39 is 64.0 Å². The summed E-state index contributed by atoms with van der Waals surface area (Å²) in [5.41, 5.74) is -4.76. The number of imide groups is 1. The molecular weight excluding hydrogens is 473 g/mol. The van der Waals surface area contributed by atoms with E-state index in [0.717, 1.165) is 12.1 Å². The molecule has 1 aromatic carbocycles. The number of halogens is 3. The molecule has 3 aliphatic rings. The molecule has 0 aromatic heterocycles. The fraction of sp³-hybridized carbons (Fsp3) is 0.565. The molecule has 0 radical (unpaired) electrons. The van der Waals surface area contributed by atoms with Crippen molar-refractivity contribution in [2.75, 3.05) is 32.0 Å². The molecule has 4 rings (SSSR count). The monoisotopic (exact) mass is 496 g/mol. The van der Waals surface area contributed by atoms with Crippen molar-refractivity contribution in [1.82, 2.24) is 0 Å². The van der Waals surface area contributed by atoms with Gasteiger partial charge in [0.05, 0.1) is 65.1 Å². The van der Waals surface area contributed by atoms with E-state index in [2.05, 4.69) is 0 Å².